The minimum atomic E-state index is 0.525. The molecule has 1 heterocycles. The van der Waals surface area contributed by atoms with Crippen molar-refractivity contribution in [1.29, 1.82) is 0 Å². The van der Waals surface area contributed by atoms with E-state index in [-0.39, 0.29) is 0 Å². The summed E-state index contributed by atoms with van der Waals surface area (Å²) in [7, 11) is 3.54. The molecule has 1 N–H and O–H groups in total. The van der Waals surface area contributed by atoms with Crippen LogP contribution in [0.5, 0.6) is 0 Å². The van der Waals surface area contributed by atoms with Crippen LogP contribution in [0.25, 0.3) is 0 Å². The number of anilines is 1. The van der Waals surface area contributed by atoms with Gasteiger partial charge in [0, 0.05) is 14.2 Å². The molecule has 84 valence electrons. The monoisotopic (exact) mass is 339 g/mol. The van der Waals surface area contributed by atoms with Crippen LogP contribution in [0.3, 0.4) is 0 Å². The molecule has 0 unspecified atom stereocenters. The molecular weight excluding hydrogens is 325 g/mol. The molecule has 4 nitrogen and oxygen atoms in total. The van der Waals surface area contributed by atoms with Crippen molar-refractivity contribution in [3.05, 3.63) is 15.1 Å². The van der Waals surface area contributed by atoms with Crippen molar-refractivity contribution in [3.8, 4) is 0 Å². The van der Waals surface area contributed by atoms with E-state index in [0.717, 1.165) is 26.7 Å². The lowest BCUT2D eigenvalue weighted by Crippen LogP contribution is -2.07. The average molecular weight is 339 g/mol. The van der Waals surface area contributed by atoms with Crippen molar-refractivity contribution >= 4 is 40.2 Å². The first-order valence-electron chi connectivity index (χ1n) is 4.43. The summed E-state index contributed by atoms with van der Waals surface area (Å²) >= 11 is 3.95. The maximum absolute atomic E-state index is 5.11. The third kappa shape index (κ3) is 3.46. The number of ether oxygens (including phenoxy) is 1. The summed E-state index contributed by atoms with van der Waals surface area (Å²) in [5.74, 6) is 2.54. The first-order valence-corrected chi connectivity index (χ1v) is 6.91. The number of nitrogens with zero attached hydrogens (tertiary/aromatic N) is 2. The maximum Gasteiger partial charge on any atom is 0.143 e. The van der Waals surface area contributed by atoms with Gasteiger partial charge in [-0.3, -0.25) is 0 Å². The van der Waals surface area contributed by atoms with E-state index in [0.29, 0.717) is 6.61 Å². The summed E-state index contributed by atoms with van der Waals surface area (Å²) in [5, 5.41) is 3.07. The summed E-state index contributed by atoms with van der Waals surface area (Å²) < 4.78 is 6.14. The second-order valence-electron chi connectivity index (χ2n) is 2.87. The van der Waals surface area contributed by atoms with Crippen LogP contribution in [0.15, 0.2) is 0 Å². The lowest BCUT2D eigenvalue weighted by molar-refractivity contribution is 0.180. The molecule has 0 aliphatic carbocycles. The van der Waals surface area contributed by atoms with Crippen LogP contribution >= 0.6 is 34.4 Å². The number of nitrogens with one attached hydrogen (secondary N) is 1. The number of methoxy groups -OCH3 is 1. The smallest absolute Gasteiger partial charge is 0.143 e. The Morgan fingerprint density at radius 2 is 2.20 bits per heavy atom. The molecule has 0 radical (unpaired) electrons. The highest BCUT2D eigenvalue weighted by atomic mass is 127. The number of hydrogen-bond acceptors (Lipinski definition) is 5. The largest absolute Gasteiger partial charge is 0.378 e. The molecule has 6 heteroatoms. The van der Waals surface area contributed by atoms with Gasteiger partial charge in [0.15, 0.2) is 0 Å². The topological polar surface area (TPSA) is 47.0 Å². The number of halogens is 1. The number of thioether (sulfide) groups is 1. The van der Waals surface area contributed by atoms with Crippen molar-refractivity contribution < 1.29 is 4.74 Å². The highest BCUT2D eigenvalue weighted by Crippen LogP contribution is 2.20. The number of rotatable bonds is 5. The summed E-state index contributed by atoms with van der Waals surface area (Å²) in [6.45, 7) is 0.525. The van der Waals surface area contributed by atoms with Crippen molar-refractivity contribution in [3.63, 3.8) is 0 Å². The fourth-order valence-electron chi connectivity index (χ4n) is 1.14. The van der Waals surface area contributed by atoms with Crippen molar-refractivity contribution in [1.82, 2.24) is 9.97 Å². The molecule has 1 aromatic rings. The molecule has 0 aliphatic heterocycles. The third-order valence-corrected chi connectivity index (χ3v) is 3.44. The van der Waals surface area contributed by atoms with E-state index in [9.17, 15) is 0 Å². The zero-order valence-corrected chi connectivity index (χ0v) is 12.0. The van der Waals surface area contributed by atoms with Crippen LogP contribution in [0.2, 0.25) is 0 Å². The molecule has 1 rings (SSSR count). The second-order valence-corrected chi connectivity index (χ2v) is 4.81. The zero-order chi connectivity index (χ0) is 11.3. The van der Waals surface area contributed by atoms with Crippen molar-refractivity contribution in [2.75, 3.05) is 25.7 Å². The minimum Gasteiger partial charge on any atom is -0.378 e. The van der Waals surface area contributed by atoms with Gasteiger partial charge in [-0.1, -0.05) is 0 Å². The molecule has 0 fully saturated rings. The van der Waals surface area contributed by atoms with E-state index in [4.69, 9.17) is 4.74 Å². The Kier molecular flexibility index (Phi) is 5.62. The molecule has 1 aromatic heterocycles. The Morgan fingerprint density at radius 1 is 1.47 bits per heavy atom. The lowest BCUT2D eigenvalue weighted by atomic mass is 10.4. The van der Waals surface area contributed by atoms with E-state index in [1.165, 1.54) is 0 Å². The van der Waals surface area contributed by atoms with E-state index < -0.39 is 0 Å². The zero-order valence-electron chi connectivity index (χ0n) is 9.00. The van der Waals surface area contributed by atoms with E-state index >= 15 is 0 Å². The van der Waals surface area contributed by atoms with Crippen LogP contribution < -0.4 is 5.32 Å². The standard InChI is InChI=1S/C9H14IN3OS/c1-11-9-8(10)6(4-14-2)12-7(13-9)5-15-3/h4-5H2,1-3H3,(H,11,12,13). The van der Waals surface area contributed by atoms with Crippen LogP contribution in [0, 0.1) is 3.57 Å². The molecule has 0 saturated carbocycles. The van der Waals surface area contributed by atoms with E-state index in [2.05, 4.69) is 37.9 Å². The second kappa shape index (κ2) is 6.49. The summed E-state index contributed by atoms with van der Waals surface area (Å²) in [6.07, 6.45) is 2.04. The molecule has 0 spiro atoms. The molecule has 0 saturated heterocycles. The normalized spacial score (nSPS) is 10.4. The third-order valence-electron chi connectivity index (χ3n) is 1.76. The Labute approximate surface area is 108 Å². The quantitative estimate of drug-likeness (QED) is 0.833. The van der Waals surface area contributed by atoms with Crippen molar-refractivity contribution in [2.45, 2.75) is 12.4 Å². The summed E-state index contributed by atoms with van der Waals surface area (Å²) in [4.78, 5) is 8.87. The number of aromatic nitrogens is 2. The van der Waals surface area contributed by atoms with Gasteiger partial charge in [-0.25, -0.2) is 9.97 Å². The van der Waals surface area contributed by atoms with Gasteiger partial charge in [0.2, 0.25) is 0 Å². The fraction of sp³-hybridized carbons (Fsp3) is 0.556. The number of hydrogen-bond donors (Lipinski definition) is 1. The van der Waals surface area contributed by atoms with Gasteiger partial charge in [0.05, 0.1) is 21.6 Å². The lowest BCUT2D eigenvalue weighted by Gasteiger charge is -2.09. The summed E-state index contributed by atoms with van der Waals surface area (Å²) in [6, 6.07) is 0. The van der Waals surface area contributed by atoms with Gasteiger partial charge in [-0.2, -0.15) is 11.8 Å². The molecule has 0 atom stereocenters. The Balaban J connectivity index is 3.07. The Hall–Kier alpha value is -0.0800. The first kappa shape index (κ1) is 13.0. The van der Waals surface area contributed by atoms with Gasteiger partial charge in [-0.05, 0) is 28.8 Å². The Morgan fingerprint density at radius 3 is 2.73 bits per heavy atom. The van der Waals surface area contributed by atoms with Gasteiger partial charge in [0.25, 0.3) is 0 Å². The highest BCUT2D eigenvalue weighted by Gasteiger charge is 2.10. The van der Waals surface area contributed by atoms with E-state index in [1.807, 2.05) is 13.3 Å². The predicted octanol–water partition coefficient (Wildman–Crippen LogP) is 2.13. The molecule has 0 aliphatic rings. The highest BCUT2D eigenvalue weighted by molar-refractivity contribution is 14.1. The molecule has 0 amide bonds. The van der Waals surface area contributed by atoms with Crippen LogP contribution in [0.4, 0.5) is 5.82 Å². The minimum absolute atomic E-state index is 0.525. The Bertz CT molecular complexity index is 335. The van der Waals surface area contributed by atoms with Crippen molar-refractivity contribution in [2.24, 2.45) is 0 Å². The van der Waals surface area contributed by atoms with Gasteiger partial charge < -0.3 is 10.1 Å². The maximum atomic E-state index is 5.11. The molecule has 0 aromatic carbocycles. The van der Waals surface area contributed by atoms with Crippen LogP contribution in [-0.2, 0) is 17.1 Å². The SMILES string of the molecule is CNc1nc(CSC)nc(COC)c1I. The fourth-order valence-corrected chi connectivity index (χ4v) is 2.19. The van der Waals surface area contributed by atoms with Gasteiger partial charge in [0.1, 0.15) is 11.6 Å². The average Bonchev–Trinajstić information content (AvgIpc) is 2.23. The van der Waals surface area contributed by atoms with Crippen LogP contribution in [0.1, 0.15) is 11.5 Å². The van der Waals surface area contributed by atoms with E-state index in [1.54, 1.807) is 18.9 Å². The van der Waals surface area contributed by atoms with Gasteiger partial charge in [-0.15, -0.1) is 0 Å². The summed E-state index contributed by atoms with van der Waals surface area (Å²) in [5.41, 5.74) is 0.946. The first-order chi connectivity index (χ1) is 7.22. The molecule has 0 bridgehead atoms. The molecular formula is C9H14IN3OS. The molecule has 15 heavy (non-hydrogen) atoms. The predicted molar refractivity (Wildman–Crippen MR) is 72.2 cm³/mol. The van der Waals surface area contributed by atoms with Gasteiger partial charge >= 0.3 is 0 Å². The van der Waals surface area contributed by atoms with Crippen LogP contribution in [-0.4, -0.2) is 30.4 Å².